The van der Waals surface area contributed by atoms with E-state index in [9.17, 15) is 4.79 Å². The van der Waals surface area contributed by atoms with Crippen LogP contribution in [0.4, 0.5) is 0 Å². The van der Waals surface area contributed by atoms with Gasteiger partial charge in [0.2, 0.25) is 5.91 Å². The van der Waals surface area contributed by atoms with Crippen molar-refractivity contribution in [1.29, 1.82) is 0 Å². The number of nitrogens with zero attached hydrogens (tertiary/aromatic N) is 2. The predicted molar refractivity (Wildman–Crippen MR) is 133 cm³/mol. The zero-order valence-corrected chi connectivity index (χ0v) is 21.4. The highest BCUT2D eigenvalue weighted by molar-refractivity contribution is 14.0. The SMILES string of the molecule is CCCNC(=O)CN1CCC(NC(=NCC)NC2CC(OCC)C23CCC3)CC1.I. The molecule has 0 aromatic rings. The van der Waals surface area contributed by atoms with Crippen LogP contribution in [0.2, 0.25) is 0 Å². The standard InChI is InChI=1S/C22H41N5O2.HI/c1-4-12-24-20(28)16-27-13-8-17(9-14-27)25-21(23-5-2)26-18-15-19(29-6-3)22(18)10-7-11-22;/h17-19H,4-16H2,1-3H3,(H,24,28)(H2,23,25,26);1H. The maximum atomic E-state index is 11.9. The normalized spacial score (nSPS) is 26.3. The van der Waals surface area contributed by atoms with Gasteiger partial charge >= 0.3 is 0 Å². The second kappa shape index (κ2) is 12.4. The molecule has 3 aliphatic rings. The van der Waals surface area contributed by atoms with E-state index in [0.29, 0.717) is 30.1 Å². The largest absolute Gasteiger partial charge is 0.378 e. The van der Waals surface area contributed by atoms with Gasteiger partial charge in [0.1, 0.15) is 0 Å². The van der Waals surface area contributed by atoms with E-state index in [1.165, 1.54) is 19.3 Å². The highest BCUT2D eigenvalue weighted by atomic mass is 127. The van der Waals surface area contributed by atoms with Crippen molar-refractivity contribution in [2.45, 2.75) is 83.9 Å². The molecule has 30 heavy (non-hydrogen) atoms. The Balaban J connectivity index is 0.00000320. The average molecular weight is 536 g/mol. The highest BCUT2D eigenvalue weighted by Crippen LogP contribution is 2.57. The summed E-state index contributed by atoms with van der Waals surface area (Å²) in [5.74, 6) is 1.10. The summed E-state index contributed by atoms with van der Waals surface area (Å²) in [6, 6.07) is 0.899. The number of ether oxygens (including phenoxy) is 1. The van der Waals surface area contributed by atoms with E-state index < -0.39 is 0 Å². The van der Waals surface area contributed by atoms with Crippen molar-refractivity contribution in [2.24, 2.45) is 10.4 Å². The van der Waals surface area contributed by atoms with Crippen molar-refractivity contribution >= 4 is 35.8 Å². The number of halogens is 1. The van der Waals surface area contributed by atoms with Crippen molar-refractivity contribution in [1.82, 2.24) is 20.9 Å². The van der Waals surface area contributed by atoms with Crippen LogP contribution in [0.1, 0.15) is 65.7 Å². The van der Waals surface area contributed by atoms with Crippen molar-refractivity contribution in [2.75, 3.05) is 39.3 Å². The average Bonchev–Trinajstić information content (AvgIpc) is 2.65. The zero-order chi connectivity index (χ0) is 20.7. The fourth-order valence-electron chi connectivity index (χ4n) is 5.05. The predicted octanol–water partition coefficient (Wildman–Crippen LogP) is 2.50. The molecule has 1 saturated heterocycles. The molecular weight excluding hydrogens is 493 g/mol. The van der Waals surface area contributed by atoms with E-state index in [-0.39, 0.29) is 29.9 Å². The summed E-state index contributed by atoms with van der Waals surface area (Å²) >= 11 is 0. The summed E-state index contributed by atoms with van der Waals surface area (Å²) in [6.07, 6.45) is 8.44. The van der Waals surface area contributed by atoms with Crippen LogP contribution >= 0.6 is 24.0 Å². The van der Waals surface area contributed by atoms with Gasteiger partial charge < -0.3 is 20.7 Å². The van der Waals surface area contributed by atoms with Crippen LogP contribution < -0.4 is 16.0 Å². The maximum absolute atomic E-state index is 11.9. The number of amides is 1. The van der Waals surface area contributed by atoms with E-state index in [0.717, 1.165) is 64.4 Å². The minimum atomic E-state index is 0. The van der Waals surface area contributed by atoms with Crippen molar-refractivity contribution in [3.05, 3.63) is 0 Å². The monoisotopic (exact) mass is 535 g/mol. The number of hydrogen-bond acceptors (Lipinski definition) is 4. The van der Waals surface area contributed by atoms with E-state index in [1.54, 1.807) is 0 Å². The third-order valence-electron chi connectivity index (χ3n) is 6.93. The number of carbonyl (C=O) groups is 1. The van der Waals surface area contributed by atoms with Crippen molar-refractivity contribution in [3.63, 3.8) is 0 Å². The van der Waals surface area contributed by atoms with E-state index in [1.807, 2.05) is 0 Å². The number of nitrogens with one attached hydrogen (secondary N) is 3. The number of guanidine groups is 1. The molecule has 8 heteroatoms. The molecule has 1 aliphatic heterocycles. The molecule has 2 saturated carbocycles. The molecule has 0 aromatic heterocycles. The van der Waals surface area contributed by atoms with Gasteiger partial charge in [-0.05, 0) is 52.4 Å². The number of hydrogen-bond donors (Lipinski definition) is 3. The topological polar surface area (TPSA) is 78.0 Å². The number of piperidine rings is 1. The molecule has 7 nitrogen and oxygen atoms in total. The Morgan fingerprint density at radius 2 is 1.90 bits per heavy atom. The Bertz CT molecular complexity index is 562. The fraction of sp³-hybridized carbons (Fsp3) is 0.909. The van der Waals surface area contributed by atoms with Gasteiger partial charge in [0.05, 0.1) is 12.6 Å². The van der Waals surface area contributed by atoms with Crippen LogP contribution in [0.25, 0.3) is 0 Å². The van der Waals surface area contributed by atoms with Gasteiger partial charge in [0, 0.05) is 50.3 Å². The molecule has 174 valence electrons. The summed E-state index contributed by atoms with van der Waals surface area (Å²) in [5.41, 5.74) is 0.335. The lowest BCUT2D eigenvalue weighted by Gasteiger charge is -2.61. The minimum Gasteiger partial charge on any atom is -0.378 e. The molecule has 0 radical (unpaired) electrons. The third-order valence-corrected chi connectivity index (χ3v) is 6.93. The van der Waals surface area contributed by atoms with Gasteiger partial charge in [-0.25, -0.2) is 0 Å². The Kier molecular flexibility index (Phi) is 10.6. The Labute approximate surface area is 199 Å². The lowest BCUT2D eigenvalue weighted by atomic mass is 9.51. The van der Waals surface area contributed by atoms with Gasteiger partial charge in [0.25, 0.3) is 0 Å². The molecule has 3 N–H and O–H groups in total. The smallest absolute Gasteiger partial charge is 0.234 e. The summed E-state index contributed by atoms with van der Waals surface area (Å²) in [4.78, 5) is 18.9. The van der Waals surface area contributed by atoms with Crippen molar-refractivity contribution < 1.29 is 9.53 Å². The second-order valence-electron chi connectivity index (χ2n) is 8.83. The number of likely N-dealkylation sites (tertiary alicyclic amines) is 1. The molecule has 0 bridgehead atoms. The first-order valence-electron chi connectivity index (χ1n) is 11.8. The molecular formula is C22H42IN5O2. The summed E-state index contributed by atoms with van der Waals surface area (Å²) < 4.78 is 5.99. The molecule has 0 aromatic carbocycles. The second-order valence-corrected chi connectivity index (χ2v) is 8.83. The molecule has 3 fully saturated rings. The van der Waals surface area contributed by atoms with Gasteiger partial charge in [-0.3, -0.25) is 14.7 Å². The van der Waals surface area contributed by atoms with Gasteiger partial charge in [-0.1, -0.05) is 13.3 Å². The molecule has 1 heterocycles. The maximum Gasteiger partial charge on any atom is 0.234 e. The number of carbonyl (C=O) groups excluding carboxylic acids is 1. The Morgan fingerprint density at radius 3 is 2.47 bits per heavy atom. The van der Waals surface area contributed by atoms with Crippen LogP contribution in [0.5, 0.6) is 0 Å². The first kappa shape index (κ1) is 25.6. The van der Waals surface area contributed by atoms with E-state index in [4.69, 9.17) is 9.73 Å². The van der Waals surface area contributed by atoms with Crippen LogP contribution in [0.3, 0.4) is 0 Å². The van der Waals surface area contributed by atoms with Crippen molar-refractivity contribution in [3.8, 4) is 0 Å². The Morgan fingerprint density at radius 1 is 1.17 bits per heavy atom. The molecule has 1 amide bonds. The molecule has 3 rings (SSSR count). The molecule has 2 aliphatic carbocycles. The fourth-order valence-corrected chi connectivity index (χ4v) is 5.05. The number of aliphatic imine (C=N–C) groups is 1. The van der Waals surface area contributed by atoms with E-state index in [2.05, 4.69) is 41.6 Å². The third kappa shape index (κ3) is 6.22. The summed E-state index contributed by atoms with van der Waals surface area (Å²) in [6.45, 7) is 11.0. The van der Waals surface area contributed by atoms with E-state index >= 15 is 0 Å². The molecule has 2 unspecified atom stereocenters. The van der Waals surface area contributed by atoms with Gasteiger partial charge in [0.15, 0.2) is 5.96 Å². The molecule has 1 spiro atoms. The highest BCUT2D eigenvalue weighted by Gasteiger charge is 2.59. The Hall–Kier alpha value is -0.610. The lowest BCUT2D eigenvalue weighted by molar-refractivity contribution is -0.168. The first-order chi connectivity index (χ1) is 14.1. The first-order valence-corrected chi connectivity index (χ1v) is 11.8. The summed E-state index contributed by atoms with van der Waals surface area (Å²) in [5, 5.41) is 10.4. The van der Waals surface area contributed by atoms with Crippen LogP contribution in [-0.4, -0.2) is 74.3 Å². The van der Waals surface area contributed by atoms with Gasteiger partial charge in [-0.2, -0.15) is 0 Å². The van der Waals surface area contributed by atoms with Gasteiger partial charge in [-0.15, -0.1) is 24.0 Å². The van der Waals surface area contributed by atoms with Crippen LogP contribution in [0.15, 0.2) is 4.99 Å². The number of rotatable bonds is 9. The minimum absolute atomic E-state index is 0. The van der Waals surface area contributed by atoms with Crippen LogP contribution in [0, 0.1) is 5.41 Å². The van der Waals surface area contributed by atoms with Crippen LogP contribution in [-0.2, 0) is 9.53 Å². The molecule has 2 atom stereocenters. The quantitative estimate of drug-likeness (QED) is 0.240. The zero-order valence-electron chi connectivity index (χ0n) is 19.0. The summed E-state index contributed by atoms with van der Waals surface area (Å²) in [7, 11) is 0. The lowest BCUT2D eigenvalue weighted by Crippen LogP contribution is -2.69.